The standard InChI is InChI=1S/C31H36ClN5O3.2C2H6/c1-30(2,19-38)36-28(20-8-4-5-9-23(32)14-20)37(3)18-26(39)34-24-12-11-21-16-31(17-22(21)15-24)25-10-6-7-13-33-27(25)35-29(31)40;2*1-2/h4-6,8-13,15,19-20,23,26,34,39H,7,14,16-18H2,1-3H3,(H,35,40);2*1-2H3/t20?,23?,26?,31-;;/m1../s1. The number of carbonyl (C=O) groups excluding carboxylic acids is 2. The molecule has 4 atom stereocenters. The summed E-state index contributed by atoms with van der Waals surface area (Å²) in [5, 5.41) is 17.0. The first-order valence-electron chi connectivity index (χ1n) is 15.7. The summed E-state index contributed by atoms with van der Waals surface area (Å²) in [6.07, 6.45) is 16.2. The molecule has 2 heterocycles. The number of alkyl halides is 1. The van der Waals surface area contributed by atoms with Crippen molar-refractivity contribution in [3.8, 4) is 0 Å². The van der Waals surface area contributed by atoms with Crippen molar-refractivity contribution in [2.24, 2.45) is 21.3 Å². The van der Waals surface area contributed by atoms with Crippen LogP contribution in [0.4, 0.5) is 5.69 Å². The van der Waals surface area contributed by atoms with Gasteiger partial charge < -0.3 is 25.4 Å². The first kappa shape index (κ1) is 35.0. The second-order valence-corrected chi connectivity index (χ2v) is 12.1. The Hall–Kier alpha value is -3.49. The number of halogens is 1. The van der Waals surface area contributed by atoms with Gasteiger partial charge in [-0.05, 0) is 56.4 Å². The molecule has 4 aliphatic rings. The van der Waals surface area contributed by atoms with E-state index in [4.69, 9.17) is 16.6 Å². The number of carbonyl (C=O) groups is 2. The molecule has 238 valence electrons. The van der Waals surface area contributed by atoms with E-state index in [1.54, 1.807) is 13.8 Å². The summed E-state index contributed by atoms with van der Waals surface area (Å²) in [4.78, 5) is 35.9. The van der Waals surface area contributed by atoms with Crippen LogP contribution in [0, 0.1) is 11.3 Å². The number of anilines is 1. The lowest BCUT2D eigenvalue weighted by Crippen LogP contribution is -2.42. The van der Waals surface area contributed by atoms with Gasteiger partial charge in [0.1, 0.15) is 29.7 Å². The molecule has 9 heteroatoms. The zero-order chi connectivity index (χ0) is 32.5. The molecule has 0 radical (unpaired) electrons. The topological polar surface area (TPSA) is 106 Å². The van der Waals surface area contributed by atoms with E-state index in [2.05, 4.69) is 15.6 Å². The molecule has 2 aliphatic carbocycles. The number of nitrogens with zero attached hydrogens (tertiary/aromatic N) is 3. The molecule has 1 amide bonds. The summed E-state index contributed by atoms with van der Waals surface area (Å²) < 4.78 is 0. The van der Waals surface area contributed by atoms with Crippen LogP contribution in [0.1, 0.15) is 65.5 Å². The summed E-state index contributed by atoms with van der Waals surface area (Å²) in [6.45, 7) is 11.8. The minimum atomic E-state index is -0.911. The third kappa shape index (κ3) is 7.96. The Kier molecular flexibility index (Phi) is 12.3. The zero-order valence-corrected chi connectivity index (χ0v) is 27.9. The normalized spacial score (nSPS) is 24.2. The molecule has 3 N–H and O–H groups in total. The van der Waals surface area contributed by atoms with Crippen molar-refractivity contribution in [3.63, 3.8) is 0 Å². The van der Waals surface area contributed by atoms with Crippen LogP contribution in [0.2, 0.25) is 0 Å². The van der Waals surface area contributed by atoms with Gasteiger partial charge in [-0.2, -0.15) is 0 Å². The van der Waals surface area contributed by atoms with Gasteiger partial charge in [-0.3, -0.25) is 9.79 Å². The number of aliphatic imine (C=N–C) groups is 2. The van der Waals surface area contributed by atoms with Crippen molar-refractivity contribution < 1.29 is 14.7 Å². The molecule has 44 heavy (non-hydrogen) atoms. The number of aldehydes is 1. The number of fused-ring (bicyclic) bond motifs is 2. The Morgan fingerprint density at radius 1 is 1.23 bits per heavy atom. The smallest absolute Gasteiger partial charge is 0.237 e. The van der Waals surface area contributed by atoms with Crippen LogP contribution in [0.5, 0.6) is 0 Å². The lowest BCUT2D eigenvalue weighted by molar-refractivity contribution is -0.126. The van der Waals surface area contributed by atoms with Crippen molar-refractivity contribution in [3.05, 3.63) is 77.2 Å². The van der Waals surface area contributed by atoms with Crippen LogP contribution in [0.3, 0.4) is 0 Å². The number of nitrogens with one attached hydrogen (secondary N) is 2. The molecule has 0 fully saturated rings. The molecule has 0 saturated carbocycles. The average Bonchev–Trinajstić information content (AvgIpc) is 3.25. The van der Waals surface area contributed by atoms with Gasteiger partial charge in [0, 0.05) is 36.9 Å². The maximum atomic E-state index is 13.1. The quantitative estimate of drug-likeness (QED) is 0.114. The van der Waals surface area contributed by atoms with Crippen LogP contribution in [0.25, 0.3) is 0 Å². The number of aliphatic hydroxyl groups excluding tert-OH is 1. The second-order valence-electron chi connectivity index (χ2n) is 11.5. The number of aliphatic hydroxyl groups is 1. The highest BCUT2D eigenvalue weighted by atomic mass is 35.5. The van der Waals surface area contributed by atoms with Crippen LogP contribution >= 0.6 is 11.6 Å². The number of rotatable bonds is 7. The van der Waals surface area contributed by atoms with E-state index in [1.807, 2.05) is 101 Å². The van der Waals surface area contributed by atoms with Gasteiger partial charge in [-0.15, -0.1) is 11.6 Å². The highest BCUT2D eigenvalue weighted by molar-refractivity contribution is 6.22. The summed E-state index contributed by atoms with van der Waals surface area (Å²) in [5.74, 6) is 1.22. The highest BCUT2D eigenvalue weighted by Crippen LogP contribution is 2.48. The molecule has 0 saturated heterocycles. The number of likely N-dealkylation sites (N-methyl/N-ethyl adjacent to an activating group) is 1. The zero-order valence-electron chi connectivity index (χ0n) is 27.1. The fourth-order valence-electron chi connectivity index (χ4n) is 5.83. The molecular formula is C35H48ClN5O3. The van der Waals surface area contributed by atoms with Gasteiger partial charge in [-0.1, -0.05) is 70.2 Å². The average molecular weight is 622 g/mol. The van der Waals surface area contributed by atoms with Crippen molar-refractivity contribution in [1.82, 2.24) is 10.2 Å². The number of hydrogen-bond acceptors (Lipinski definition) is 6. The van der Waals surface area contributed by atoms with E-state index >= 15 is 0 Å². The van der Waals surface area contributed by atoms with Gasteiger partial charge in [0.25, 0.3) is 0 Å². The molecule has 3 unspecified atom stereocenters. The number of amides is 1. The minimum absolute atomic E-state index is 0.0134. The van der Waals surface area contributed by atoms with Gasteiger partial charge in [0.05, 0.1) is 17.3 Å². The number of amidine groups is 1. The van der Waals surface area contributed by atoms with Crippen LogP contribution in [0.15, 0.2) is 76.0 Å². The van der Waals surface area contributed by atoms with Crippen molar-refractivity contribution in [1.29, 1.82) is 0 Å². The maximum Gasteiger partial charge on any atom is 0.237 e. The molecule has 1 aromatic rings. The fourth-order valence-corrected chi connectivity index (χ4v) is 6.10. The van der Waals surface area contributed by atoms with Gasteiger partial charge in [-0.25, -0.2) is 4.99 Å². The third-order valence-corrected chi connectivity index (χ3v) is 8.15. The van der Waals surface area contributed by atoms with Crippen molar-refractivity contribution in [2.75, 3.05) is 18.9 Å². The maximum absolute atomic E-state index is 13.1. The molecule has 0 bridgehead atoms. The molecular weight excluding hydrogens is 574 g/mol. The van der Waals surface area contributed by atoms with Crippen molar-refractivity contribution >= 4 is 41.5 Å². The monoisotopic (exact) mass is 621 g/mol. The predicted octanol–water partition coefficient (Wildman–Crippen LogP) is 5.97. The van der Waals surface area contributed by atoms with Crippen LogP contribution < -0.4 is 10.6 Å². The molecule has 5 rings (SSSR count). The summed E-state index contributed by atoms with van der Waals surface area (Å²) in [7, 11) is 1.86. The summed E-state index contributed by atoms with van der Waals surface area (Å²) in [5.41, 5.74) is 2.36. The Balaban J connectivity index is 0.00000127. The molecule has 2 aliphatic heterocycles. The molecule has 1 spiro atoms. The molecule has 1 aromatic carbocycles. The largest absolute Gasteiger partial charge is 0.372 e. The minimum Gasteiger partial charge on any atom is -0.372 e. The molecule has 0 aromatic heterocycles. The van der Waals surface area contributed by atoms with E-state index in [-0.39, 0.29) is 23.7 Å². The SMILES string of the molecule is CC.CC.CN(CC(O)Nc1ccc2c(c1)C[C@@]1(C2)C(=O)NC2=C1C=CCC=N2)C(=NC(C)(C)C=O)C1C=CC=CC(Cl)C1. The Morgan fingerprint density at radius 3 is 2.66 bits per heavy atom. The first-order valence-corrected chi connectivity index (χ1v) is 16.1. The Bertz CT molecular complexity index is 1380. The molecule has 8 nitrogen and oxygen atoms in total. The van der Waals surface area contributed by atoms with E-state index < -0.39 is 17.2 Å². The van der Waals surface area contributed by atoms with Crippen LogP contribution in [-0.2, 0) is 22.4 Å². The number of benzene rings is 1. The Morgan fingerprint density at radius 2 is 1.93 bits per heavy atom. The van der Waals surface area contributed by atoms with E-state index in [0.717, 1.165) is 35.1 Å². The lowest BCUT2D eigenvalue weighted by atomic mass is 9.78. The first-order chi connectivity index (χ1) is 21.1. The van der Waals surface area contributed by atoms with Gasteiger partial charge >= 0.3 is 0 Å². The van der Waals surface area contributed by atoms with E-state index in [9.17, 15) is 14.7 Å². The lowest BCUT2D eigenvalue weighted by Gasteiger charge is -2.31. The Labute approximate surface area is 267 Å². The van der Waals surface area contributed by atoms with E-state index in [0.29, 0.717) is 30.9 Å². The summed E-state index contributed by atoms with van der Waals surface area (Å²) >= 11 is 6.46. The van der Waals surface area contributed by atoms with Gasteiger partial charge in [0.2, 0.25) is 5.91 Å². The fraction of sp³-hybridized carbons (Fsp3) is 0.486. The third-order valence-electron chi connectivity index (χ3n) is 7.82. The predicted molar refractivity (Wildman–Crippen MR) is 182 cm³/mol. The van der Waals surface area contributed by atoms with Crippen LogP contribution in [-0.4, -0.2) is 65.0 Å². The van der Waals surface area contributed by atoms with Gasteiger partial charge in [0.15, 0.2) is 0 Å². The second kappa shape index (κ2) is 15.5. The highest BCUT2D eigenvalue weighted by Gasteiger charge is 2.51. The summed E-state index contributed by atoms with van der Waals surface area (Å²) in [6, 6.07) is 5.99. The number of allylic oxidation sites excluding steroid dienone is 5. The number of hydrogen-bond donors (Lipinski definition) is 3. The van der Waals surface area contributed by atoms with Crippen molar-refractivity contribution in [2.45, 2.75) is 84.4 Å². The van der Waals surface area contributed by atoms with E-state index in [1.165, 1.54) is 0 Å².